The number of carbonyl (C=O) groups is 2. The zero-order valence-corrected chi connectivity index (χ0v) is 17.0. The number of esters is 1. The van der Waals surface area contributed by atoms with Gasteiger partial charge in [0.1, 0.15) is 17.1 Å². The van der Waals surface area contributed by atoms with E-state index in [4.69, 9.17) is 21.1 Å². The summed E-state index contributed by atoms with van der Waals surface area (Å²) in [5, 5.41) is 4.17. The monoisotopic (exact) mass is 409 g/mol. The summed E-state index contributed by atoms with van der Waals surface area (Å²) < 4.78 is 10.4. The summed E-state index contributed by atoms with van der Waals surface area (Å²) >= 11 is 6.01. The highest BCUT2D eigenvalue weighted by atomic mass is 35.5. The van der Waals surface area contributed by atoms with E-state index in [1.54, 1.807) is 27.0 Å². The molecule has 1 aliphatic rings. The molecular formula is C18H24ClN5O4. The van der Waals surface area contributed by atoms with Gasteiger partial charge in [0.25, 0.3) is 0 Å². The van der Waals surface area contributed by atoms with Crippen molar-refractivity contribution in [2.45, 2.75) is 38.8 Å². The molecule has 3 rings (SSSR count). The molecule has 1 aliphatic heterocycles. The molecule has 0 aliphatic carbocycles. The minimum absolute atomic E-state index is 0.0989. The number of hydrogen-bond acceptors (Lipinski definition) is 7. The highest BCUT2D eigenvalue weighted by Gasteiger charge is 2.36. The van der Waals surface area contributed by atoms with Crippen molar-refractivity contribution in [3.05, 3.63) is 17.5 Å². The van der Waals surface area contributed by atoms with Gasteiger partial charge in [-0.05, 0) is 44.9 Å². The topological polar surface area (TPSA) is 109 Å². The molecular weight excluding hydrogens is 386 g/mol. The Balaban J connectivity index is 1.83. The number of methoxy groups -OCH3 is 1. The van der Waals surface area contributed by atoms with E-state index in [0.717, 1.165) is 5.39 Å². The third kappa shape index (κ3) is 4.64. The van der Waals surface area contributed by atoms with Gasteiger partial charge in [0, 0.05) is 25.3 Å². The van der Waals surface area contributed by atoms with Crippen molar-refractivity contribution in [1.29, 1.82) is 0 Å². The van der Waals surface area contributed by atoms with Crippen molar-refractivity contribution in [2.75, 3.05) is 25.5 Å². The minimum Gasteiger partial charge on any atom is -0.469 e. The molecule has 0 aromatic carbocycles. The first-order chi connectivity index (χ1) is 13.2. The van der Waals surface area contributed by atoms with Crippen LogP contribution < -0.4 is 5.32 Å². The predicted octanol–water partition coefficient (Wildman–Crippen LogP) is 2.82. The van der Waals surface area contributed by atoms with Gasteiger partial charge in [-0.3, -0.25) is 4.79 Å². The summed E-state index contributed by atoms with van der Waals surface area (Å²) in [5.74, 6) is -0.300. The van der Waals surface area contributed by atoms with Crippen molar-refractivity contribution in [1.82, 2.24) is 19.9 Å². The molecule has 152 valence electrons. The number of likely N-dealkylation sites (tertiary alicyclic amines) is 1. The predicted molar refractivity (Wildman–Crippen MR) is 104 cm³/mol. The Labute approximate surface area is 167 Å². The van der Waals surface area contributed by atoms with E-state index < -0.39 is 17.6 Å². The number of anilines is 1. The standard InChI is InChI=1S/C18H24ClN5O4/c1-18(2,3)28-17(26)24-8-10(15(25)27-4)7-11(9-24)21-14-12-5-6-20-13(12)22-16(19)23-14/h5-6,10-11H,7-9H2,1-4H3,(H2,20,21,22,23)/t10-,11+/m1/s1. The fraction of sp³-hybridized carbons (Fsp3) is 0.556. The summed E-state index contributed by atoms with van der Waals surface area (Å²) in [4.78, 5) is 37.6. The number of H-pyrrole nitrogens is 1. The fourth-order valence-electron chi connectivity index (χ4n) is 3.23. The van der Waals surface area contributed by atoms with E-state index in [9.17, 15) is 9.59 Å². The molecule has 2 N–H and O–H groups in total. The van der Waals surface area contributed by atoms with Gasteiger partial charge in [0.2, 0.25) is 5.28 Å². The fourth-order valence-corrected chi connectivity index (χ4v) is 3.40. The van der Waals surface area contributed by atoms with E-state index in [0.29, 0.717) is 24.4 Å². The number of nitrogens with zero attached hydrogens (tertiary/aromatic N) is 3. The second-order valence-corrected chi connectivity index (χ2v) is 8.10. The number of halogens is 1. The summed E-state index contributed by atoms with van der Waals surface area (Å²) in [6, 6.07) is 1.59. The van der Waals surface area contributed by atoms with Crippen LogP contribution >= 0.6 is 11.6 Å². The number of aromatic amines is 1. The molecule has 2 atom stereocenters. The van der Waals surface area contributed by atoms with Gasteiger partial charge in [0.15, 0.2) is 0 Å². The molecule has 0 bridgehead atoms. The number of carbonyl (C=O) groups excluding carboxylic acids is 2. The zero-order valence-electron chi connectivity index (χ0n) is 16.3. The first kappa shape index (κ1) is 20.2. The van der Waals surface area contributed by atoms with Gasteiger partial charge in [0.05, 0.1) is 18.4 Å². The first-order valence-corrected chi connectivity index (χ1v) is 9.37. The molecule has 9 nitrogen and oxygen atoms in total. The Hall–Kier alpha value is -2.55. The number of hydrogen-bond donors (Lipinski definition) is 2. The molecule has 1 saturated heterocycles. The third-order valence-corrected chi connectivity index (χ3v) is 4.54. The van der Waals surface area contributed by atoms with E-state index >= 15 is 0 Å². The van der Waals surface area contributed by atoms with E-state index in [1.807, 2.05) is 6.07 Å². The van der Waals surface area contributed by atoms with Crippen LogP contribution in [0.1, 0.15) is 27.2 Å². The molecule has 1 amide bonds. The lowest BCUT2D eigenvalue weighted by molar-refractivity contribution is -0.147. The lowest BCUT2D eigenvalue weighted by atomic mass is 9.94. The van der Waals surface area contributed by atoms with Gasteiger partial charge in [-0.2, -0.15) is 4.98 Å². The minimum atomic E-state index is -0.629. The number of rotatable bonds is 3. The number of fused-ring (bicyclic) bond motifs is 1. The van der Waals surface area contributed by atoms with Crippen LogP contribution in [-0.2, 0) is 14.3 Å². The van der Waals surface area contributed by atoms with Crippen LogP contribution in [0.2, 0.25) is 5.28 Å². The Kier molecular flexibility index (Phi) is 5.64. The van der Waals surface area contributed by atoms with Crippen molar-refractivity contribution < 1.29 is 19.1 Å². The van der Waals surface area contributed by atoms with E-state index in [-0.39, 0.29) is 23.8 Å². The maximum absolute atomic E-state index is 12.6. The van der Waals surface area contributed by atoms with Gasteiger partial charge in [-0.25, -0.2) is 9.78 Å². The summed E-state index contributed by atoms with van der Waals surface area (Å²) in [5.41, 5.74) is -0.0257. The maximum Gasteiger partial charge on any atom is 0.410 e. The molecule has 28 heavy (non-hydrogen) atoms. The molecule has 10 heteroatoms. The number of amides is 1. The lowest BCUT2D eigenvalue weighted by Crippen LogP contribution is -2.52. The average molecular weight is 410 g/mol. The van der Waals surface area contributed by atoms with Crippen LogP contribution in [-0.4, -0.2) is 63.8 Å². The Morgan fingerprint density at radius 3 is 2.75 bits per heavy atom. The van der Waals surface area contributed by atoms with E-state index in [2.05, 4.69) is 20.3 Å². The molecule has 0 unspecified atom stereocenters. The van der Waals surface area contributed by atoms with Crippen LogP contribution in [0.5, 0.6) is 0 Å². The number of nitrogens with one attached hydrogen (secondary N) is 2. The Morgan fingerprint density at radius 1 is 1.32 bits per heavy atom. The molecule has 0 spiro atoms. The summed E-state index contributed by atoms with van der Waals surface area (Å²) in [6.07, 6.45) is 1.76. The number of ether oxygens (including phenoxy) is 2. The zero-order chi connectivity index (χ0) is 20.5. The largest absolute Gasteiger partial charge is 0.469 e. The maximum atomic E-state index is 12.6. The smallest absolute Gasteiger partial charge is 0.410 e. The van der Waals surface area contributed by atoms with Gasteiger partial charge >= 0.3 is 12.1 Å². The second-order valence-electron chi connectivity index (χ2n) is 7.76. The van der Waals surface area contributed by atoms with Crippen LogP contribution in [0.4, 0.5) is 10.6 Å². The third-order valence-electron chi connectivity index (χ3n) is 4.37. The highest BCUT2D eigenvalue weighted by Crippen LogP contribution is 2.26. The van der Waals surface area contributed by atoms with Gasteiger partial charge in [-0.15, -0.1) is 0 Å². The van der Waals surface area contributed by atoms with Gasteiger partial charge in [-0.1, -0.05) is 0 Å². The molecule has 2 aromatic heterocycles. The number of piperidine rings is 1. The highest BCUT2D eigenvalue weighted by molar-refractivity contribution is 6.28. The van der Waals surface area contributed by atoms with Crippen LogP contribution in [0.25, 0.3) is 11.0 Å². The summed E-state index contributed by atoms with van der Waals surface area (Å²) in [7, 11) is 1.34. The lowest BCUT2D eigenvalue weighted by Gasteiger charge is -2.37. The summed E-state index contributed by atoms with van der Waals surface area (Å²) in [6.45, 7) is 6.00. The van der Waals surface area contributed by atoms with Crippen LogP contribution in [0.3, 0.4) is 0 Å². The number of aromatic nitrogens is 3. The quantitative estimate of drug-likeness (QED) is 0.592. The molecule has 2 aromatic rings. The Morgan fingerprint density at radius 2 is 2.07 bits per heavy atom. The van der Waals surface area contributed by atoms with Crippen LogP contribution in [0, 0.1) is 5.92 Å². The van der Waals surface area contributed by atoms with E-state index in [1.165, 1.54) is 12.0 Å². The molecule has 0 saturated carbocycles. The van der Waals surface area contributed by atoms with Crippen LogP contribution in [0.15, 0.2) is 12.3 Å². The van der Waals surface area contributed by atoms with Crippen molar-refractivity contribution in [2.24, 2.45) is 5.92 Å². The van der Waals surface area contributed by atoms with Gasteiger partial charge < -0.3 is 24.7 Å². The van der Waals surface area contributed by atoms with Crippen molar-refractivity contribution in [3.8, 4) is 0 Å². The molecule has 0 radical (unpaired) electrons. The second kappa shape index (κ2) is 7.83. The SMILES string of the molecule is COC(=O)[C@@H]1C[C@H](Nc2nc(Cl)nc3[nH]ccc23)CN(C(=O)OC(C)(C)C)C1. The Bertz CT molecular complexity index is 878. The first-order valence-electron chi connectivity index (χ1n) is 8.99. The normalized spacial score (nSPS) is 20.1. The molecule has 3 heterocycles. The average Bonchev–Trinajstić information content (AvgIpc) is 3.07. The molecule has 1 fully saturated rings. The van der Waals surface area contributed by atoms with Crippen molar-refractivity contribution in [3.63, 3.8) is 0 Å². The van der Waals surface area contributed by atoms with Crippen molar-refractivity contribution >= 4 is 40.5 Å².